The molecule has 0 bridgehead atoms. The van der Waals surface area contributed by atoms with Crippen molar-refractivity contribution in [3.05, 3.63) is 52.9 Å². The predicted octanol–water partition coefficient (Wildman–Crippen LogP) is 3.08. The molecule has 0 aliphatic carbocycles. The van der Waals surface area contributed by atoms with Crippen molar-refractivity contribution in [1.82, 2.24) is 0 Å². The zero-order chi connectivity index (χ0) is 33.0. The lowest BCUT2D eigenvalue weighted by Crippen LogP contribution is -2.63. The van der Waals surface area contributed by atoms with Crippen LogP contribution in [0.3, 0.4) is 0 Å². The SMILES string of the molecule is CC(=O)OC[C@H]1O[C@@H](Oc2ccc3c(=O)c(-c4ccc5c(c4)OCCCO5)coc3c2)[C@@H](OC(C)=O)[C@@H](OC(C)=O)[C@H]1OC(C)=O. The average molecular weight is 641 g/mol. The van der Waals surface area contributed by atoms with Crippen LogP contribution in [0.4, 0.5) is 0 Å². The molecule has 0 N–H and O–H groups in total. The van der Waals surface area contributed by atoms with E-state index in [4.69, 9.17) is 42.3 Å². The summed E-state index contributed by atoms with van der Waals surface area (Å²) in [7, 11) is 0. The molecule has 1 aromatic heterocycles. The number of carbonyl (C=O) groups excluding carboxylic acids is 4. The Morgan fingerprint density at radius 2 is 1.46 bits per heavy atom. The van der Waals surface area contributed by atoms with Gasteiger partial charge in [0.15, 0.2) is 29.1 Å². The van der Waals surface area contributed by atoms with Gasteiger partial charge >= 0.3 is 23.9 Å². The number of esters is 4. The van der Waals surface area contributed by atoms with Crippen LogP contribution in [0.1, 0.15) is 34.1 Å². The molecule has 3 heterocycles. The first-order chi connectivity index (χ1) is 22.0. The van der Waals surface area contributed by atoms with E-state index in [1.807, 2.05) is 0 Å². The predicted molar refractivity (Wildman–Crippen MR) is 156 cm³/mol. The Labute approximate surface area is 262 Å². The lowest BCUT2D eigenvalue weighted by molar-refractivity contribution is -0.288. The van der Waals surface area contributed by atoms with Gasteiger partial charge in [-0.3, -0.25) is 24.0 Å². The molecule has 0 saturated carbocycles. The van der Waals surface area contributed by atoms with Gasteiger partial charge in [-0.25, -0.2) is 0 Å². The molecule has 0 radical (unpaired) electrons. The molecular weight excluding hydrogens is 608 g/mol. The first kappa shape index (κ1) is 32.3. The summed E-state index contributed by atoms with van der Waals surface area (Å²) in [6.45, 7) is 5.16. The van der Waals surface area contributed by atoms with Crippen LogP contribution in [-0.2, 0) is 42.9 Å². The molecule has 244 valence electrons. The summed E-state index contributed by atoms with van der Waals surface area (Å²) in [6.07, 6.45) is -4.74. The van der Waals surface area contributed by atoms with E-state index in [2.05, 4.69) is 0 Å². The summed E-state index contributed by atoms with van der Waals surface area (Å²) in [4.78, 5) is 61.2. The molecule has 1 saturated heterocycles. The molecule has 1 fully saturated rings. The molecule has 0 unspecified atom stereocenters. The van der Waals surface area contributed by atoms with Crippen molar-refractivity contribution < 1.29 is 61.5 Å². The molecule has 3 aromatic rings. The Balaban J connectivity index is 1.46. The van der Waals surface area contributed by atoms with Crippen LogP contribution in [-0.4, -0.2) is 74.4 Å². The molecule has 5 rings (SSSR count). The quantitative estimate of drug-likeness (QED) is 0.260. The lowest BCUT2D eigenvalue weighted by Gasteiger charge is -2.43. The zero-order valence-corrected chi connectivity index (χ0v) is 25.5. The third kappa shape index (κ3) is 7.40. The molecule has 14 heteroatoms. The number of carbonyl (C=O) groups is 4. The molecule has 0 spiro atoms. The molecule has 46 heavy (non-hydrogen) atoms. The van der Waals surface area contributed by atoms with E-state index in [-0.39, 0.29) is 22.1 Å². The number of benzene rings is 2. The Morgan fingerprint density at radius 1 is 0.783 bits per heavy atom. The van der Waals surface area contributed by atoms with Crippen LogP contribution >= 0.6 is 0 Å². The maximum atomic E-state index is 13.5. The van der Waals surface area contributed by atoms with Crippen molar-refractivity contribution in [2.45, 2.75) is 64.8 Å². The van der Waals surface area contributed by atoms with Crippen LogP contribution in [0.25, 0.3) is 22.1 Å². The monoisotopic (exact) mass is 640 g/mol. The molecule has 5 atom stereocenters. The van der Waals surface area contributed by atoms with E-state index in [1.54, 1.807) is 18.2 Å². The first-order valence-electron chi connectivity index (χ1n) is 14.4. The molecule has 14 nitrogen and oxygen atoms in total. The van der Waals surface area contributed by atoms with Crippen molar-refractivity contribution in [2.75, 3.05) is 19.8 Å². The summed E-state index contributed by atoms with van der Waals surface area (Å²) in [5.74, 6) is -1.70. The van der Waals surface area contributed by atoms with Crippen LogP contribution in [0, 0.1) is 0 Å². The van der Waals surface area contributed by atoms with E-state index in [9.17, 15) is 24.0 Å². The standard InChI is InChI=1S/C32H32O14/c1-16(33)40-15-27-29(42-17(2)34)30(43-18(3)35)31(44-19(4)36)32(46-27)45-21-7-8-22-25(13-21)41-14-23(28(22)37)20-6-9-24-26(12-20)39-11-5-10-38-24/h6-9,12-14,27,29-32H,5,10-11,15H2,1-4H3/t27-,29+,30+,31+,32-/m1/s1. The fraction of sp³-hybridized carbons (Fsp3) is 0.406. The van der Waals surface area contributed by atoms with Crippen molar-refractivity contribution in [3.63, 3.8) is 0 Å². The number of hydrogen-bond donors (Lipinski definition) is 0. The van der Waals surface area contributed by atoms with Crippen LogP contribution < -0.4 is 19.6 Å². The summed E-state index contributed by atoms with van der Waals surface area (Å²) >= 11 is 0. The van der Waals surface area contributed by atoms with Gasteiger partial charge in [0.05, 0.1) is 24.2 Å². The normalized spacial score (nSPS) is 22.2. The van der Waals surface area contributed by atoms with Gasteiger partial charge in [0.1, 0.15) is 30.3 Å². The first-order valence-corrected chi connectivity index (χ1v) is 14.4. The van der Waals surface area contributed by atoms with Gasteiger partial charge in [0, 0.05) is 40.2 Å². The second kappa shape index (κ2) is 13.9. The van der Waals surface area contributed by atoms with E-state index >= 15 is 0 Å². The van der Waals surface area contributed by atoms with Gasteiger partial charge in [-0.05, 0) is 29.8 Å². The summed E-state index contributed by atoms with van der Waals surface area (Å²) in [6, 6.07) is 9.61. The van der Waals surface area contributed by atoms with Gasteiger partial charge in [-0.2, -0.15) is 0 Å². The highest BCUT2D eigenvalue weighted by Gasteiger charge is 2.53. The average Bonchev–Trinajstić information content (AvgIpc) is 3.24. The Hall–Kier alpha value is -5.11. The maximum absolute atomic E-state index is 13.5. The van der Waals surface area contributed by atoms with Crippen molar-refractivity contribution in [2.24, 2.45) is 0 Å². The Morgan fingerprint density at radius 3 is 2.15 bits per heavy atom. The number of rotatable bonds is 8. The summed E-state index contributed by atoms with van der Waals surface area (Å²) in [5.41, 5.74) is 0.745. The molecule has 2 aliphatic heterocycles. The van der Waals surface area contributed by atoms with E-state index in [1.165, 1.54) is 31.4 Å². The largest absolute Gasteiger partial charge is 0.490 e. The van der Waals surface area contributed by atoms with E-state index in [0.717, 1.165) is 27.2 Å². The maximum Gasteiger partial charge on any atom is 0.303 e. The summed E-state index contributed by atoms with van der Waals surface area (Å²) in [5, 5.41) is 0.249. The van der Waals surface area contributed by atoms with Crippen molar-refractivity contribution in [1.29, 1.82) is 0 Å². The Kier molecular flexibility index (Phi) is 9.75. The van der Waals surface area contributed by atoms with Crippen LogP contribution in [0.5, 0.6) is 17.2 Å². The minimum atomic E-state index is -1.45. The Bertz CT molecular complexity index is 1690. The van der Waals surface area contributed by atoms with Gasteiger partial charge < -0.3 is 42.3 Å². The molecule has 2 aromatic carbocycles. The van der Waals surface area contributed by atoms with E-state index < -0.39 is 61.2 Å². The smallest absolute Gasteiger partial charge is 0.303 e. The van der Waals surface area contributed by atoms with E-state index in [0.29, 0.717) is 35.8 Å². The minimum absolute atomic E-state index is 0.125. The number of fused-ring (bicyclic) bond motifs is 2. The topological polar surface area (TPSA) is 172 Å². The van der Waals surface area contributed by atoms with Crippen molar-refractivity contribution in [3.8, 4) is 28.4 Å². The number of hydrogen-bond acceptors (Lipinski definition) is 14. The van der Waals surface area contributed by atoms with Gasteiger partial charge in [0.2, 0.25) is 12.4 Å². The second-order valence-electron chi connectivity index (χ2n) is 10.5. The van der Waals surface area contributed by atoms with Gasteiger partial charge in [-0.15, -0.1) is 0 Å². The van der Waals surface area contributed by atoms with Gasteiger partial charge in [-0.1, -0.05) is 6.07 Å². The minimum Gasteiger partial charge on any atom is -0.490 e. The fourth-order valence-electron chi connectivity index (χ4n) is 5.13. The fourth-order valence-corrected chi connectivity index (χ4v) is 5.13. The lowest BCUT2D eigenvalue weighted by atomic mass is 9.98. The van der Waals surface area contributed by atoms with Crippen molar-refractivity contribution >= 4 is 34.8 Å². The highest BCUT2D eigenvalue weighted by Crippen LogP contribution is 2.35. The number of ether oxygens (including phenoxy) is 8. The molecule has 2 aliphatic rings. The third-order valence-corrected chi connectivity index (χ3v) is 7.01. The second-order valence-corrected chi connectivity index (χ2v) is 10.5. The van der Waals surface area contributed by atoms with Gasteiger partial charge in [0.25, 0.3) is 0 Å². The molecule has 0 amide bonds. The summed E-state index contributed by atoms with van der Waals surface area (Å²) < 4.78 is 50.6. The highest BCUT2D eigenvalue weighted by molar-refractivity contribution is 5.83. The molecular formula is C32H32O14. The van der Waals surface area contributed by atoms with Crippen LogP contribution in [0.2, 0.25) is 0 Å². The van der Waals surface area contributed by atoms with Crippen LogP contribution in [0.15, 0.2) is 51.9 Å². The highest BCUT2D eigenvalue weighted by atomic mass is 16.7. The zero-order valence-electron chi connectivity index (χ0n) is 25.5. The third-order valence-electron chi connectivity index (χ3n) is 7.01.